The van der Waals surface area contributed by atoms with Gasteiger partial charge in [-0.3, -0.25) is 19.7 Å². The Labute approximate surface area is 123 Å². The number of nitrogens with zero attached hydrogens (tertiary/aromatic N) is 1. The molecule has 0 saturated carbocycles. The van der Waals surface area contributed by atoms with Gasteiger partial charge in [0.1, 0.15) is 11.9 Å². The highest BCUT2D eigenvalue weighted by Gasteiger charge is 2.26. The van der Waals surface area contributed by atoms with Crippen LogP contribution in [0.2, 0.25) is 0 Å². The first-order valence-electron chi connectivity index (χ1n) is 6.62. The average molecular weight is 313 g/mol. The van der Waals surface area contributed by atoms with Crippen LogP contribution in [0.3, 0.4) is 0 Å². The maximum Gasteiger partial charge on any atom is 0.307 e. The zero-order valence-electron chi connectivity index (χ0n) is 11.4. The molecule has 0 unspecified atom stereocenters. The molecule has 7 nitrogen and oxygen atoms in total. The minimum absolute atomic E-state index is 0.345. The SMILES string of the molecule is O=C(N[C@H]1CCCCNC1=O)c1cc(F)c([N+](=O)[O-])cc1F. The summed E-state index contributed by atoms with van der Waals surface area (Å²) in [5.74, 6) is -3.93. The lowest BCUT2D eigenvalue weighted by molar-refractivity contribution is -0.387. The number of nitrogens with one attached hydrogen (secondary N) is 2. The number of amides is 2. The molecule has 1 saturated heterocycles. The lowest BCUT2D eigenvalue weighted by Gasteiger charge is -2.15. The summed E-state index contributed by atoms with van der Waals surface area (Å²) in [6.45, 7) is 0.492. The van der Waals surface area contributed by atoms with Crippen LogP contribution in [0.1, 0.15) is 29.6 Å². The molecular weight excluding hydrogens is 300 g/mol. The summed E-state index contributed by atoms with van der Waals surface area (Å²) < 4.78 is 27.2. The third-order valence-corrected chi connectivity index (χ3v) is 3.32. The van der Waals surface area contributed by atoms with Crippen LogP contribution in [-0.4, -0.2) is 29.3 Å². The van der Waals surface area contributed by atoms with Gasteiger partial charge in [0, 0.05) is 6.54 Å². The molecule has 0 spiro atoms. The molecule has 0 radical (unpaired) electrons. The van der Waals surface area contributed by atoms with Crippen molar-refractivity contribution in [3.8, 4) is 0 Å². The minimum atomic E-state index is -1.32. The zero-order chi connectivity index (χ0) is 16.3. The van der Waals surface area contributed by atoms with Crippen molar-refractivity contribution in [1.82, 2.24) is 10.6 Å². The molecule has 0 aromatic heterocycles. The topological polar surface area (TPSA) is 101 Å². The number of hydrogen-bond donors (Lipinski definition) is 2. The summed E-state index contributed by atoms with van der Waals surface area (Å²) in [5, 5.41) is 15.4. The van der Waals surface area contributed by atoms with Crippen molar-refractivity contribution in [1.29, 1.82) is 0 Å². The number of nitro groups is 1. The Morgan fingerprint density at radius 1 is 1.32 bits per heavy atom. The first-order chi connectivity index (χ1) is 10.4. The average Bonchev–Trinajstić information content (AvgIpc) is 2.66. The molecular formula is C13H13F2N3O4. The fraction of sp³-hybridized carbons (Fsp3) is 0.385. The first kappa shape index (κ1) is 15.8. The van der Waals surface area contributed by atoms with Gasteiger partial charge >= 0.3 is 5.69 Å². The van der Waals surface area contributed by atoms with Crippen molar-refractivity contribution >= 4 is 17.5 Å². The molecule has 118 valence electrons. The minimum Gasteiger partial charge on any atom is -0.354 e. The van der Waals surface area contributed by atoms with E-state index in [0.29, 0.717) is 31.5 Å². The standard InChI is InChI=1S/C13H13F2N3O4/c14-8-6-11(18(21)22)9(15)5-7(8)12(19)17-10-3-1-2-4-16-13(10)20/h5-6,10H,1-4H2,(H,16,20)(H,17,19)/t10-/m0/s1. The van der Waals surface area contributed by atoms with Gasteiger partial charge in [0.25, 0.3) is 5.91 Å². The molecule has 22 heavy (non-hydrogen) atoms. The third-order valence-electron chi connectivity index (χ3n) is 3.32. The van der Waals surface area contributed by atoms with Crippen LogP contribution in [0, 0.1) is 21.7 Å². The number of nitro benzene ring substituents is 1. The van der Waals surface area contributed by atoms with Crippen molar-refractivity contribution in [3.05, 3.63) is 39.4 Å². The molecule has 2 amide bonds. The van der Waals surface area contributed by atoms with Gasteiger partial charge in [0.2, 0.25) is 11.7 Å². The van der Waals surface area contributed by atoms with Crippen LogP contribution >= 0.6 is 0 Å². The fourth-order valence-corrected chi connectivity index (χ4v) is 2.16. The van der Waals surface area contributed by atoms with Gasteiger partial charge < -0.3 is 10.6 Å². The van der Waals surface area contributed by atoms with Crippen molar-refractivity contribution in [2.45, 2.75) is 25.3 Å². The lowest BCUT2D eigenvalue weighted by Crippen LogP contribution is -2.45. The molecule has 1 aromatic carbocycles. The highest BCUT2D eigenvalue weighted by Crippen LogP contribution is 2.21. The number of rotatable bonds is 3. The van der Waals surface area contributed by atoms with E-state index in [2.05, 4.69) is 10.6 Å². The summed E-state index contributed by atoms with van der Waals surface area (Å²) >= 11 is 0. The highest BCUT2D eigenvalue weighted by molar-refractivity contribution is 5.98. The molecule has 9 heteroatoms. The van der Waals surface area contributed by atoms with Gasteiger partial charge in [-0.1, -0.05) is 0 Å². The molecule has 1 fully saturated rings. The van der Waals surface area contributed by atoms with Crippen LogP contribution in [-0.2, 0) is 4.79 Å². The van der Waals surface area contributed by atoms with Crippen LogP contribution in [0.4, 0.5) is 14.5 Å². The molecule has 1 heterocycles. The number of halogens is 2. The van der Waals surface area contributed by atoms with Crippen LogP contribution < -0.4 is 10.6 Å². The van der Waals surface area contributed by atoms with E-state index in [1.807, 2.05) is 0 Å². The van der Waals surface area contributed by atoms with Crippen molar-refractivity contribution < 1.29 is 23.3 Å². The van der Waals surface area contributed by atoms with Crippen molar-refractivity contribution in [3.63, 3.8) is 0 Å². The van der Waals surface area contributed by atoms with Gasteiger partial charge in [-0.2, -0.15) is 4.39 Å². The summed E-state index contributed by atoms with van der Waals surface area (Å²) in [5.41, 5.74) is -1.73. The fourth-order valence-electron chi connectivity index (χ4n) is 2.16. The Hall–Kier alpha value is -2.58. The number of carbonyl (C=O) groups excluding carboxylic acids is 2. The molecule has 1 atom stereocenters. The molecule has 2 rings (SSSR count). The third kappa shape index (κ3) is 3.35. The molecule has 0 aliphatic carbocycles. The van der Waals surface area contributed by atoms with Crippen molar-refractivity contribution in [2.75, 3.05) is 6.54 Å². The van der Waals surface area contributed by atoms with E-state index in [1.165, 1.54) is 0 Å². The van der Waals surface area contributed by atoms with E-state index in [1.54, 1.807) is 0 Å². The van der Waals surface area contributed by atoms with Crippen LogP contribution in [0.5, 0.6) is 0 Å². The van der Waals surface area contributed by atoms with E-state index < -0.39 is 45.7 Å². The van der Waals surface area contributed by atoms with Gasteiger partial charge in [-0.15, -0.1) is 0 Å². The normalized spacial score (nSPS) is 18.3. The zero-order valence-corrected chi connectivity index (χ0v) is 11.4. The molecule has 1 aliphatic rings. The maximum absolute atomic E-state index is 13.7. The van der Waals surface area contributed by atoms with Crippen LogP contribution in [0.15, 0.2) is 12.1 Å². The smallest absolute Gasteiger partial charge is 0.307 e. The van der Waals surface area contributed by atoms with Gasteiger partial charge in [0.15, 0.2) is 0 Å². The summed E-state index contributed by atoms with van der Waals surface area (Å²) in [6.07, 6.45) is 1.84. The summed E-state index contributed by atoms with van der Waals surface area (Å²) in [7, 11) is 0. The van der Waals surface area contributed by atoms with E-state index in [-0.39, 0.29) is 0 Å². The molecule has 0 bridgehead atoms. The van der Waals surface area contributed by atoms with Gasteiger partial charge in [0.05, 0.1) is 16.6 Å². The number of carbonyl (C=O) groups is 2. The predicted octanol–water partition coefficient (Wildman–Crippen LogP) is 1.27. The van der Waals surface area contributed by atoms with Crippen molar-refractivity contribution in [2.24, 2.45) is 0 Å². The Morgan fingerprint density at radius 2 is 2.05 bits per heavy atom. The Balaban J connectivity index is 2.20. The largest absolute Gasteiger partial charge is 0.354 e. The first-order valence-corrected chi connectivity index (χ1v) is 6.62. The molecule has 1 aliphatic heterocycles. The van der Waals surface area contributed by atoms with E-state index >= 15 is 0 Å². The predicted molar refractivity (Wildman–Crippen MR) is 71.1 cm³/mol. The number of benzene rings is 1. The second kappa shape index (κ2) is 6.46. The lowest BCUT2D eigenvalue weighted by atomic mass is 10.1. The van der Waals surface area contributed by atoms with Gasteiger partial charge in [-0.25, -0.2) is 4.39 Å². The maximum atomic E-state index is 13.7. The Morgan fingerprint density at radius 3 is 2.73 bits per heavy atom. The summed E-state index contributed by atoms with van der Waals surface area (Å²) in [6, 6.07) is -0.0397. The van der Waals surface area contributed by atoms with Gasteiger partial charge in [-0.05, 0) is 25.3 Å². The summed E-state index contributed by atoms with van der Waals surface area (Å²) in [4.78, 5) is 33.1. The van der Waals surface area contributed by atoms with E-state index in [0.717, 1.165) is 6.42 Å². The monoisotopic (exact) mass is 313 g/mol. The number of hydrogen-bond acceptors (Lipinski definition) is 4. The second-order valence-corrected chi connectivity index (χ2v) is 4.85. The molecule has 1 aromatic rings. The second-order valence-electron chi connectivity index (χ2n) is 4.85. The Bertz CT molecular complexity index is 636. The van der Waals surface area contributed by atoms with E-state index in [4.69, 9.17) is 0 Å². The van der Waals surface area contributed by atoms with E-state index in [9.17, 15) is 28.5 Å². The Kier molecular flexibility index (Phi) is 4.64. The quantitative estimate of drug-likeness (QED) is 0.648. The highest BCUT2D eigenvalue weighted by atomic mass is 19.1. The molecule has 2 N–H and O–H groups in total. The van der Waals surface area contributed by atoms with Crippen LogP contribution in [0.25, 0.3) is 0 Å².